The molecule has 4 aromatic rings. The van der Waals surface area contributed by atoms with Crippen LogP contribution in [0.3, 0.4) is 0 Å². The van der Waals surface area contributed by atoms with Gasteiger partial charge in [-0.25, -0.2) is 9.97 Å². The van der Waals surface area contributed by atoms with E-state index in [1.54, 1.807) is 0 Å². The molecule has 3 aromatic carbocycles. The summed E-state index contributed by atoms with van der Waals surface area (Å²) in [6.07, 6.45) is 0. The van der Waals surface area contributed by atoms with E-state index >= 15 is 0 Å². The van der Waals surface area contributed by atoms with Crippen LogP contribution >= 0.6 is 27.5 Å². The zero-order chi connectivity index (χ0) is 17.2. The number of aromatic nitrogens is 2. The number of nitrogens with one attached hydrogen (secondary N) is 1. The minimum Gasteiger partial charge on any atom is -0.340 e. The van der Waals surface area contributed by atoms with Crippen molar-refractivity contribution < 1.29 is 0 Å². The number of benzene rings is 3. The maximum atomic E-state index is 5.97. The van der Waals surface area contributed by atoms with Gasteiger partial charge in [0.2, 0.25) is 0 Å². The minimum absolute atomic E-state index is 0.683. The van der Waals surface area contributed by atoms with Gasteiger partial charge >= 0.3 is 0 Å². The van der Waals surface area contributed by atoms with E-state index in [-0.39, 0.29) is 0 Å². The van der Waals surface area contributed by atoms with Gasteiger partial charge in [0.25, 0.3) is 0 Å². The lowest BCUT2D eigenvalue weighted by Crippen LogP contribution is -1.99. The fourth-order valence-electron chi connectivity index (χ4n) is 2.57. The van der Waals surface area contributed by atoms with Crippen LogP contribution < -0.4 is 5.32 Å². The topological polar surface area (TPSA) is 37.8 Å². The lowest BCUT2D eigenvalue weighted by Gasteiger charge is -2.11. The van der Waals surface area contributed by atoms with Crippen molar-refractivity contribution in [2.24, 2.45) is 0 Å². The van der Waals surface area contributed by atoms with E-state index in [0.717, 1.165) is 32.4 Å². The van der Waals surface area contributed by atoms with Crippen LogP contribution in [0.4, 0.5) is 11.5 Å². The Hall–Kier alpha value is -2.43. The van der Waals surface area contributed by atoms with E-state index in [0.29, 0.717) is 10.8 Å². The Morgan fingerprint density at radius 3 is 2.28 bits per heavy atom. The van der Waals surface area contributed by atoms with Gasteiger partial charge in [0.15, 0.2) is 5.82 Å². The van der Waals surface area contributed by atoms with Gasteiger partial charge in [-0.15, -0.1) is 0 Å². The van der Waals surface area contributed by atoms with Crippen molar-refractivity contribution in [2.75, 3.05) is 5.32 Å². The summed E-state index contributed by atoms with van der Waals surface area (Å²) in [5, 5.41) is 5.05. The molecule has 122 valence electrons. The molecule has 0 atom stereocenters. The Morgan fingerprint density at radius 2 is 1.52 bits per heavy atom. The van der Waals surface area contributed by atoms with Gasteiger partial charge in [0.05, 0.1) is 5.52 Å². The second-order valence-electron chi connectivity index (χ2n) is 5.55. The average molecular weight is 411 g/mol. The summed E-state index contributed by atoms with van der Waals surface area (Å²) >= 11 is 9.43. The van der Waals surface area contributed by atoms with Crippen LogP contribution in [-0.2, 0) is 0 Å². The normalized spacial score (nSPS) is 10.8. The number of anilines is 2. The van der Waals surface area contributed by atoms with Crippen molar-refractivity contribution in [1.29, 1.82) is 0 Å². The number of halogens is 2. The number of nitrogens with zero attached hydrogens (tertiary/aromatic N) is 2. The molecule has 0 bridgehead atoms. The standard InChI is InChI=1S/C20H13BrClN3/c21-14-7-5-13(6-8-14)19-24-18-4-2-1-3-17(18)20(25-19)23-16-11-9-15(22)10-12-16/h1-12H,(H,23,24,25). The first kappa shape index (κ1) is 16.1. The molecule has 1 N–H and O–H groups in total. The van der Waals surface area contributed by atoms with Crippen molar-refractivity contribution in [2.45, 2.75) is 0 Å². The third-order valence-corrected chi connectivity index (χ3v) is 4.59. The molecule has 0 fully saturated rings. The molecule has 0 saturated heterocycles. The number of hydrogen-bond acceptors (Lipinski definition) is 3. The zero-order valence-corrected chi connectivity index (χ0v) is 15.4. The molecule has 4 rings (SSSR count). The van der Waals surface area contributed by atoms with E-state index in [1.165, 1.54) is 0 Å². The molecule has 0 radical (unpaired) electrons. The second-order valence-corrected chi connectivity index (χ2v) is 6.90. The number of rotatable bonds is 3. The lowest BCUT2D eigenvalue weighted by atomic mass is 10.2. The van der Waals surface area contributed by atoms with E-state index in [4.69, 9.17) is 21.6 Å². The molecular formula is C20H13BrClN3. The van der Waals surface area contributed by atoms with E-state index in [2.05, 4.69) is 21.2 Å². The van der Waals surface area contributed by atoms with Gasteiger partial charge in [0.1, 0.15) is 5.82 Å². The van der Waals surface area contributed by atoms with Crippen molar-refractivity contribution in [3.8, 4) is 11.4 Å². The lowest BCUT2D eigenvalue weighted by molar-refractivity contribution is 1.22. The highest BCUT2D eigenvalue weighted by Gasteiger charge is 2.09. The highest BCUT2D eigenvalue weighted by atomic mass is 79.9. The molecule has 0 saturated carbocycles. The van der Waals surface area contributed by atoms with E-state index in [9.17, 15) is 0 Å². The largest absolute Gasteiger partial charge is 0.340 e. The van der Waals surface area contributed by atoms with Crippen LogP contribution in [0.15, 0.2) is 77.3 Å². The van der Waals surface area contributed by atoms with Crippen molar-refractivity contribution in [3.63, 3.8) is 0 Å². The molecule has 5 heteroatoms. The predicted octanol–water partition coefficient (Wildman–Crippen LogP) is 6.46. The number of fused-ring (bicyclic) bond motifs is 1. The number of para-hydroxylation sites is 1. The molecule has 0 unspecified atom stereocenters. The number of hydrogen-bond donors (Lipinski definition) is 1. The van der Waals surface area contributed by atoms with Gasteiger partial charge in [-0.3, -0.25) is 0 Å². The maximum absolute atomic E-state index is 5.97. The van der Waals surface area contributed by atoms with Crippen molar-refractivity contribution in [1.82, 2.24) is 9.97 Å². The Bertz CT molecular complexity index is 1030. The summed E-state index contributed by atoms with van der Waals surface area (Å²) in [6.45, 7) is 0. The third-order valence-electron chi connectivity index (χ3n) is 3.81. The third kappa shape index (κ3) is 3.50. The first-order valence-electron chi connectivity index (χ1n) is 7.74. The molecule has 25 heavy (non-hydrogen) atoms. The molecule has 3 nitrogen and oxygen atoms in total. The molecule has 0 aliphatic rings. The summed E-state index contributed by atoms with van der Waals surface area (Å²) in [5.41, 5.74) is 2.79. The Labute approximate surface area is 158 Å². The summed E-state index contributed by atoms with van der Waals surface area (Å²) in [4.78, 5) is 9.45. The molecular weight excluding hydrogens is 398 g/mol. The highest BCUT2D eigenvalue weighted by Crippen LogP contribution is 2.28. The first-order valence-corrected chi connectivity index (χ1v) is 8.91. The summed E-state index contributed by atoms with van der Waals surface area (Å²) in [6, 6.07) is 23.5. The summed E-state index contributed by atoms with van der Waals surface area (Å²) in [5.74, 6) is 1.45. The van der Waals surface area contributed by atoms with Crippen LogP contribution in [0.25, 0.3) is 22.3 Å². The monoisotopic (exact) mass is 409 g/mol. The highest BCUT2D eigenvalue weighted by molar-refractivity contribution is 9.10. The van der Waals surface area contributed by atoms with Gasteiger partial charge in [0, 0.05) is 26.1 Å². The molecule has 1 aromatic heterocycles. The predicted molar refractivity (Wildman–Crippen MR) is 107 cm³/mol. The second kappa shape index (κ2) is 6.82. The van der Waals surface area contributed by atoms with Gasteiger partial charge in [-0.2, -0.15) is 0 Å². The van der Waals surface area contributed by atoms with Crippen LogP contribution in [0, 0.1) is 0 Å². The van der Waals surface area contributed by atoms with Gasteiger partial charge in [-0.1, -0.05) is 51.8 Å². The maximum Gasteiger partial charge on any atom is 0.162 e. The first-order chi connectivity index (χ1) is 12.2. The van der Waals surface area contributed by atoms with Gasteiger partial charge < -0.3 is 5.32 Å². The molecule has 0 aliphatic carbocycles. The average Bonchev–Trinajstić information content (AvgIpc) is 2.64. The fourth-order valence-corrected chi connectivity index (χ4v) is 2.96. The van der Waals surface area contributed by atoms with Crippen molar-refractivity contribution in [3.05, 3.63) is 82.3 Å². The van der Waals surface area contributed by atoms with Crippen LogP contribution in [-0.4, -0.2) is 9.97 Å². The minimum atomic E-state index is 0.683. The van der Waals surface area contributed by atoms with E-state index < -0.39 is 0 Å². The Balaban J connectivity index is 1.83. The Kier molecular flexibility index (Phi) is 4.38. The summed E-state index contributed by atoms with van der Waals surface area (Å²) < 4.78 is 1.02. The fraction of sp³-hybridized carbons (Fsp3) is 0. The quantitative estimate of drug-likeness (QED) is 0.421. The molecule has 0 aliphatic heterocycles. The molecule has 0 spiro atoms. The van der Waals surface area contributed by atoms with Crippen LogP contribution in [0.5, 0.6) is 0 Å². The van der Waals surface area contributed by atoms with E-state index in [1.807, 2.05) is 72.8 Å². The Morgan fingerprint density at radius 1 is 0.800 bits per heavy atom. The molecule has 0 amide bonds. The zero-order valence-electron chi connectivity index (χ0n) is 13.1. The SMILES string of the molecule is Clc1ccc(Nc2nc(-c3ccc(Br)cc3)nc3ccccc23)cc1. The van der Waals surface area contributed by atoms with Crippen LogP contribution in [0.2, 0.25) is 5.02 Å². The molecule has 1 heterocycles. The van der Waals surface area contributed by atoms with Crippen molar-refractivity contribution >= 4 is 49.9 Å². The smallest absolute Gasteiger partial charge is 0.162 e. The van der Waals surface area contributed by atoms with Gasteiger partial charge in [-0.05, 0) is 48.5 Å². The summed E-state index contributed by atoms with van der Waals surface area (Å²) in [7, 11) is 0. The van der Waals surface area contributed by atoms with Crippen LogP contribution in [0.1, 0.15) is 0 Å².